The fourth-order valence-corrected chi connectivity index (χ4v) is 5.40. The Morgan fingerprint density at radius 3 is 2.18 bits per heavy atom. The minimum atomic E-state index is -1.82. The summed E-state index contributed by atoms with van der Waals surface area (Å²) in [6.07, 6.45) is 1.48. The summed E-state index contributed by atoms with van der Waals surface area (Å²) < 4.78 is 18.0. The Morgan fingerprint density at radius 1 is 0.970 bits per heavy atom. The van der Waals surface area contributed by atoms with Gasteiger partial charge in [-0.2, -0.15) is 0 Å². The summed E-state index contributed by atoms with van der Waals surface area (Å²) in [5.41, 5.74) is 2.96. The number of anilines is 1. The minimum absolute atomic E-state index is 0.122. The first kappa shape index (κ1) is 27.1. The smallest absolute Gasteiger partial charge is 0.242 e. The van der Waals surface area contributed by atoms with Gasteiger partial charge in [0.15, 0.2) is 8.32 Å². The van der Waals surface area contributed by atoms with Gasteiger partial charge in [0.05, 0.1) is 18.9 Å². The van der Waals surface area contributed by atoms with Crippen molar-refractivity contribution in [3.63, 3.8) is 0 Å². The van der Waals surface area contributed by atoms with E-state index in [0.29, 0.717) is 24.4 Å². The van der Waals surface area contributed by atoms with Gasteiger partial charge in [0, 0.05) is 12.6 Å². The van der Waals surface area contributed by atoms with Crippen LogP contribution < -0.4 is 19.8 Å². The molecule has 0 saturated heterocycles. The van der Waals surface area contributed by atoms with Crippen LogP contribution in [0.5, 0.6) is 11.5 Å². The van der Waals surface area contributed by atoms with E-state index in [1.54, 1.807) is 7.11 Å². The first-order valence-electron chi connectivity index (χ1n) is 11.5. The summed E-state index contributed by atoms with van der Waals surface area (Å²) in [4.78, 5) is 11.2. The number of nitrogens with one attached hydrogen (secondary N) is 2. The fourth-order valence-electron chi connectivity index (χ4n) is 3.49. The molecule has 2 unspecified atom stereocenters. The van der Waals surface area contributed by atoms with Gasteiger partial charge >= 0.3 is 0 Å². The highest BCUT2D eigenvalue weighted by atomic mass is 28.4. The van der Waals surface area contributed by atoms with Crippen LogP contribution in [0, 0.1) is 0 Å². The van der Waals surface area contributed by atoms with Crippen molar-refractivity contribution in [2.45, 2.75) is 64.8 Å². The molecule has 1 amide bonds. The Morgan fingerprint density at radius 2 is 1.64 bits per heavy atom. The monoisotopic (exact) mass is 488 g/mol. The molecule has 182 valence electrons. The zero-order valence-electron chi connectivity index (χ0n) is 21.3. The Kier molecular flexibility index (Phi) is 9.72. The molecular formula is C25H40N2O4Si2. The normalized spacial score (nSPS) is 13.8. The number of carbonyl (C=O) groups is 1. The second kappa shape index (κ2) is 11.8. The average molecular weight is 489 g/mol. The van der Waals surface area contributed by atoms with Gasteiger partial charge in [-0.3, -0.25) is 4.79 Å². The van der Waals surface area contributed by atoms with Crippen molar-refractivity contribution in [2.75, 3.05) is 19.0 Å². The molecule has 0 aliphatic rings. The SMILES string of the molecule is COc1ccc(CC(C)NCC(O[Si](C)(C)C)c2ccc(O[Si](C)(C)C)c(NC=O)c2)cc1. The molecule has 0 spiro atoms. The van der Waals surface area contributed by atoms with Crippen molar-refractivity contribution < 1.29 is 18.4 Å². The van der Waals surface area contributed by atoms with Gasteiger partial charge in [0.2, 0.25) is 14.7 Å². The lowest BCUT2D eigenvalue weighted by atomic mass is 10.1. The van der Waals surface area contributed by atoms with E-state index in [4.69, 9.17) is 13.6 Å². The highest BCUT2D eigenvalue weighted by molar-refractivity contribution is 6.70. The van der Waals surface area contributed by atoms with Gasteiger partial charge in [-0.15, -0.1) is 0 Å². The molecule has 0 radical (unpaired) electrons. The zero-order valence-corrected chi connectivity index (χ0v) is 23.3. The number of rotatable bonds is 13. The zero-order chi connectivity index (χ0) is 24.6. The van der Waals surface area contributed by atoms with E-state index >= 15 is 0 Å². The summed E-state index contributed by atoms with van der Waals surface area (Å²) in [7, 11) is -1.95. The summed E-state index contributed by atoms with van der Waals surface area (Å²) >= 11 is 0. The first-order chi connectivity index (χ1) is 15.4. The van der Waals surface area contributed by atoms with E-state index in [1.165, 1.54) is 5.56 Å². The third kappa shape index (κ3) is 9.71. The number of methoxy groups -OCH3 is 1. The lowest BCUT2D eigenvalue weighted by Crippen LogP contribution is -2.37. The second-order valence-electron chi connectivity index (χ2n) is 10.3. The van der Waals surface area contributed by atoms with E-state index < -0.39 is 16.6 Å². The maximum absolute atomic E-state index is 11.2. The van der Waals surface area contributed by atoms with Crippen LogP contribution in [-0.4, -0.2) is 42.7 Å². The summed E-state index contributed by atoms with van der Waals surface area (Å²) in [6, 6.07) is 14.4. The van der Waals surface area contributed by atoms with Gasteiger partial charge in [-0.25, -0.2) is 0 Å². The van der Waals surface area contributed by atoms with E-state index in [0.717, 1.165) is 17.7 Å². The van der Waals surface area contributed by atoms with Crippen LogP contribution >= 0.6 is 0 Å². The van der Waals surface area contributed by atoms with Crippen molar-refractivity contribution >= 4 is 28.7 Å². The molecule has 2 N–H and O–H groups in total. The molecule has 0 saturated carbocycles. The number of ether oxygens (including phenoxy) is 1. The van der Waals surface area contributed by atoms with Crippen LogP contribution in [0.4, 0.5) is 5.69 Å². The molecule has 2 aromatic rings. The molecule has 2 atom stereocenters. The van der Waals surface area contributed by atoms with E-state index in [1.807, 2.05) is 30.3 Å². The van der Waals surface area contributed by atoms with Crippen LogP contribution in [0.1, 0.15) is 24.2 Å². The summed E-state index contributed by atoms with van der Waals surface area (Å²) in [5, 5.41) is 6.44. The third-order valence-corrected chi connectivity index (χ3v) is 6.68. The van der Waals surface area contributed by atoms with Crippen LogP contribution in [0.15, 0.2) is 42.5 Å². The molecule has 2 aromatic carbocycles. The molecule has 0 fully saturated rings. The Labute approximate surface area is 201 Å². The molecule has 0 bridgehead atoms. The van der Waals surface area contributed by atoms with Crippen molar-refractivity contribution in [3.05, 3.63) is 53.6 Å². The van der Waals surface area contributed by atoms with Gasteiger partial charge < -0.3 is 24.2 Å². The van der Waals surface area contributed by atoms with E-state index in [9.17, 15) is 4.79 Å². The van der Waals surface area contributed by atoms with Crippen LogP contribution in [-0.2, 0) is 15.6 Å². The maximum Gasteiger partial charge on any atom is 0.242 e. The van der Waals surface area contributed by atoms with Gasteiger partial charge in [-0.05, 0) is 88.0 Å². The van der Waals surface area contributed by atoms with Crippen LogP contribution in [0.25, 0.3) is 0 Å². The second-order valence-corrected chi connectivity index (χ2v) is 19.2. The van der Waals surface area contributed by atoms with E-state index in [2.05, 4.69) is 69.0 Å². The quantitative estimate of drug-likeness (QED) is 0.284. The predicted molar refractivity (Wildman–Crippen MR) is 141 cm³/mol. The summed E-state index contributed by atoms with van der Waals surface area (Å²) in [6.45, 7) is 15.8. The minimum Gasteiger partial charge on any atom is -0.543 e. The molecular weight excluding hydrogens is 448 g/mol. The molecule has 6 nitrogen and oxygen atoms in total. The summed E-state index contributed by atoms with van der Waals surface area (Å²) in [5.74, 6) is 1.57. The van der Waals surface area contributed by atoms with Gasteiger partial charge in [0.25, 0.3) is 0 Å². The van der Waals surface area contributed by atoms with Crippen LogP contribution in [0.2, 0.25) is 39.3 Å². The highest BCUT2D eigenvalue weighted by Crippen LogP contribution is 2.32. The number of amides is 1. The fraction of sp³-hybridized carbons (Fsp3) is 0.480. The topological polar surface area (TPSA) is 68.8 Å². The molecule has 0 aromatic heterocycles. The van der Waals surface area contributed by atoms with E-state index in [-0.39, 0.29) is 12.1 Å². The first-order valence-corrected chi connectivity index (χ1v) is 18.3. The van der Waals surface area contributed by atoms with Crippen molar-refractivity contribution in [2.24, 2.45) is 0 Å². The molecule has 8 heteroatoms. The van der Waals surface area contributed by atoms with Crippen molar-refractivity contribution in [1.82, 2.24) is 5.32 Å². The molecule has 2 rings (SSSR count). The number of carbonyl (C=O) groups excluding carboxylic acids is 1. The Balaban J connectivity index is 2.17. The number of hydrogen-bond donors (Lipinski definition) is 2. The molecule has 0 heterocycles. The largest absolute Gasteiger partial charge is 0.543 e. The van der Waals surface area contributed by atoms with Crippen LogP contribution in [0.3, 0.4) is 0 Å². The Bertz CT molecular complexity index is 893. The molecule has 33 heavy (non-hydrogen) atoms. The van der Waals surface area contributed by atoms with Gasteiger partial charge in [0.1, 0.15) is 11.5 Å². The number of benzene rings is 2. The standard InChI is InChI=1S/C25H40N2O4Si2/c1-19(15-20-9-12-22(29-2)13-10-20)26-17-25(31-33(6,7)8)21-11-14-24(30-32(3,4)5)23(16-21)27-18-28/h9-14,16,18-19,25-26H,15,17H2,1-8H3,(H,27,28). The molecule has 0 aliphatic carbocycles. The van der Waals surface area contributed by atoms with Gasteiger partial charge in [-0.1, -0.05) is 18.2 Å². The highest BCUT2D eigenvalue weighted by Gasteiger charge is 2.25. The molecule has 0 aliphatic heterocycles. The average Bonchev–Trinajstić information content (AvgIpc) is 2.71. The lowest BCUT2D eigenvalue weighted by molar-refractivity contribution is -0.105. The Hall–Kier alpha value is -2.14. The van der Waals surface area contributed by atoms with Crippen molar-refractivity contribution in [1.29, 1.82) is 0 Å². The maximum atomic E-state index is 11.2. The predicted octanol–water partition coefficient (Wildman–Crippen LogP) is 5.59. The van der Waals surface area contributed by atoms with Crippen molar-refractivity contribution in [3.8, 4) is 11.5 Å². The lowest BCUT2D eigenvalue weighted by Gasteiger charge is -2.29. The number of hydrogen-bond acceptors (Lipinski definition) is 5. The third-order valence-electron chi connectivity index (χ3n) is 4.85.